The summed E-state index contributed by atoms with van der Waals surface area (Å²) >= 11 is 0. The van der Waals surface area contributed by atoms with Crippen LogP contribution in [0.4, 0.5) is 0 Å². The van der Waals surface area contributed by atoms with Crippen molar-refractivity contribution in [1.29, 1.82) is 0 Å². The maximum Gasteiger partial charge on any atom is 0.305 e. The molecule has 8 nitrogen and oxygen atoms in total. The normalized spacial score (nSPS) is 14.6. The minimum atomic E-state index is -3.92. The Labute approximate surface area is 252 Å². The molecule has 9 heteroatoms. The second-order valence-electron chi connectivity index (χ2n) is 11.7. The molecule has 0 aromatic heterocycles. The molecular formula is C32H66NO7P. The number of carbonyl (C=O) groups excluding carboxylic acids is 1. The zero-order chi connectivity index (χ0) is 30.5. The van der Waals surface area contributed by atoms with Crippen LogP contribution in [0.15, 0.2) is 0 Å². The number of rotatable bonds is 32. The summed E-state index contributed by atoms with van der Waals surface area (Å²) in [5.74, 6) is -0.148. The van der Waals surface area contributed by atoms with E-state index in [2.05, 4.69) is 12.7 Å². The molecule has 0 bridgehead atoms. The van der Waals surface area contributed by atoms with Crippen LogP contribution >= 0.6 is 7.60 Å². The van der Waals surface area contributed by atoms with Crippen LogP contribution in [0, 0.1) is 0 Å². The first-order chi connectivity index (χ1) is 19.8. The molecule has 0 heterocycles. The molecule has 0 saturated carbocycles. The number of hydrogen-bond acceptors (Lipinski definition) is 7. The Morgan fingerprint density at radius 1 is 0.732 bits per heavy atom. The molecule has 0 rings (SSSR count). The molecule has 0 aliphatic carbocycles. The van der Waals surface area contributed by atoms with E-state index in [1.54, 1.807) is 0 Å². The fourth-order valence-electron chi connectivity index (χ4n) is 4.69. The minimum Gasteiger partial charge on any atom is -0.778 e. The van der Waals surface area contributed by atoms with E-state index in [1.807, 2.05) is 13.8 Å². The van der Waals surface area contributed by atoms with Gasteiger partial charge in [-0.2, -0.15) is 0 Å². The molecule has 41 heavy (non-hydrogen) atoms. The van der Waals surface area contributed by atoms with E-state index < -0.39 is 13.2 Å². The second-order valence-corrected chi connectivity index (χ2v) is 13.7. The van der Waals surface area contributed by atoms with Crippen molar-refractivity contribution < 1.29 is 38.7 Å². The Morgan fingerprint density at radius 3 is 1.78 bits per heavy atom. The standard InChI is InChI=1S/C32H66NO7P/c1-4-6-7-8-9-10-11-12-13-14-15-16-18-21-26-37-29-32(3,30-40-41(35,36)28-23-25-33)39-27-22-19-17-20-24-31(34)38-5-2/h4-30,33H2,1-3H3,(H,35,36)/t32-/m1/s1. The first-order valence-electron chi connectivity index (χ1n) is 16.9. The Hall–Kier alpha value is -0.500. The van der Waals surface area contributed by atoms with Crippen molar-refractivity contribution in [3.63, 3.8) is 0 Å². The van der Waals surface area contributed by atoms with Gasteiger partial charge in [-0.05, 0) is 33.1 Å². The lowest BCUT2D eigenvalue weighted by Crippen LogP contribution is -2.50. The smallest absolute Gasteiger partial charge is 0.305 e. The van der Waals surface area contributed by atoms with Crippen molar-refractivity contribution >= 4 is 13.6 Å². The second kappa shape index (κ2) is 28.3. The Kier molecular flexibility index (Phi) is 27.9. The topological polar surface area (TPSA) is 122 Å². The van der Waals surface area contributed by atoms with Gasteiger partial charge in [-0.15, -0.1) is 0 Å². The lowest BCUT2D eigenvalue weighted by Gasteiger charge is -2.33. The molecule has 0 amide bonds. The minimum absolute atomic E-state index is 0.00699. The number of unbranched alkanes of at least 4 members (excludes halogenated alkanes) is 16. The van der Waals surface area contributed by atoms with Crippen molar-refractivity contribution in [3.8, 4) is 0 Å². The summed E-state index contributed by atoms with van der Waals surface area (Å²) < 4.78 is 34.6. The maximum absolute atomic E-state index is 12.3. The number of hydrogen-bond donors (Lipinski definition) is 1. The van der Waals surface area contributed by atoms with Gasteiger partial charge in [-0.1, -0.05) is 103 Å². The van der Waals surface area contributed by atoms with E-state index in [-0.39, 0.29) is 18.7 Å². The molecule has 246 valence electrons. The molecule has 0 spiro atoms. The fourth-order valence-corrected chi connectivity index (χ4v) is 5.90. The molecular weight excluding hydrogens is 541 g/mol. The quantitative estimate of drug-likeness (QED) is 0.0498. The van der Waals surface area contributed by atoms with E-state index in [4.69, 9.17) is 18.7 Å². The monoisotopic (exact) mass is 607 g/mol. The van der Waals surface area contributed by atoms with Crippen molar-refractivity contribution in [2.24, 2.45) is 0 Å². The van der Waals surface area contributed by atoms with Crippen LogP contribution in [0.25, 0.3) is 0 Å². The van der Waals surface area contributed by atoms with E-state index in [9.17, 15) is 14.3 Å². The summed E-state index contributed by atoms with van der Waals surface area (Å²) in [6.45, 7) is 8.29. The van der Waals surface area contributed by atoms with Crippen LogP contribution in [0.2, 0.25) is 0 Å². The molecule has 0 aliphatic heterocycles. The lowest BCUT2D eigenvalue weighted by atomic mass is 10.0. The highest BCUT2D eigenvalue weighted by atomic mass is 31.2. The van der Waals surface area contributed by atoms with Gasteiger partial charge in [0.1, 0.15) is 13.2 Å². The highest BCUT2D eigenvalue weighted by molar-refractivity contribution is 7.51. The van der Waals surface area contributed by atoms with Crippen LogP contribution in [0.1, 0.15) is 149 Å². The van der Waals surface area contributed by atoms with Gasteiger partial charge in [0.2, 0.25) is 0 Å². The van der Waals surface area contributed by atoms with E-state index in [1.165, 1.54) is 77.0 Å². The Morgan fingerprint density at radius 2 is 1.24 bits per heavy atom. The molecule has 0 aromatic carbocycles. The third-order valence-electron chi connectivity index (χ3n) is 7.33. The Balaban J connectivity index is 4.12. The number of ether oxygens (including phenoxy) is 3. The van der Waals surface area contributed by atoms with Gasteiger partial charge in [0.25, 0.3) is 0 Å². The first-order valence-corrected chi connectivity index (χ1v) is 18.6. The number of esters is 1. The van der Waals surface area contributed by atoms with Gasteiger partial charge in [0, 0.05) is 32.2 Å². The highest BCUT2D eigenvalue weighted by Gasteiger charge is 2.28. The molecule has 1 unspecified atom stereocenters. The summed E-state index contributed by atoms with van der Waals surface area (Å²) in [6.07, 6.45) is 22.8. The van der Waals surface area contributed by atoms with Crippen LogP contribution < -0.4 is 10.6 Å². The first kappa shape index (κ1) is 40.5. The van der Waals surface area contributed by atoms with Gasteiger partial charge in [-0.25, -0.2) is 0 Å². The van der Waals surface area contributed by atoms with Crippen molar-refractivity contribution in [1.82, 2.24) is 0 Å². The van der Waals surface area contributed by atoms with Gasteiger partial charge < -0.3 is 33.9 Å². The SMILES string of the molecule is CCCCCCCCCCCCCCCCOC[C@](C)(COP(=O)([O-])CCC[NH3+])OCCCCCCC(=O)OCC. The van der Waals surface area contributed by atoms with Crippen molar-refractivity contribution in [2.75, 3.05) is 45.7 Å². The third-order valence-corrected chi connectivity index (χ3v) is 8.72. The van der Waals surface area contributed by atoms with E-state index in [0.717, 1.165) is 38.5 Å². The van der Waals surface area contributed by atoms with Gasteiger partial charge in [0.05, 0.1) is 26.4 Å². The van der Waals surface area contributed by atoms with E-state index in [0.29, 0.717) is 45.8 Å². The zero-order valence-electron chi connectivity index (χ0n) is 27.1. The lowest BCUT2D eigenvalue weighted by molar-refractivity contribution is -0.367. The fraction of sp³-hybridized carbons (Fsp3) is 0.969. The van der Waals surface area contributed by atoms with Gasteiger partial charge in [0.15, 0.2) is 0 Å². The van der Waals surface area contributed by atoms with Crippen molar-refractivity contribution in [2.45, 2.75) is 155 Å². The van der Waals surface area contributed by atoms with Crippen LogP contribution in [-0.4, -0.2) is 57.3 Å². The number of quaternary nitrogens is 1. The average molecular weight is 608 g/mol. The average Bonchev–Trinajstić information content (AvgIpc) is 2.94. The summed E-state index contributed by atoms with van der Waals surface area (Å²) in [7, 11) is -3.92. The third kappa shape index (κ3) is 28.1. The van der Waals surface area contributed by atoms with Crippen molar-refractivity contribution in [3.05, 3.63) is 0 Å². The van der Waals surface area contributed by atoms with Gasteiger partial charge >= 0.3 is 5.97 Å². The Bertz CT molecular complexity index is 637. The molecule has 0 fully saturated rings. The number of carbonyl (C=O) groups is 1. The zero-order valence-corrected chi connectivity index (χ0v) is 28.0. The molecule has 3 N–H and O–H groups in total. The molecule has 2 atom stereocenters. The molecule has 0 saturated heterocycles. The summed E-state index contributed by atoms with van der Waals surface area (Å²) in [4.78, 5) is 23.7. The predicted molar refractivity (Wildman–Crippen MR) is 166 cm³/mol. The largest absolute Gasteiger partial charge is 0.778 e. The van der Waals surface area contributed by atoms with E-state index >= 15 is 0 Å². The highest BCUT2D eigenvalue weighted by Crippen LogP contribution is 2.38. The molecule has 0 radical (unpaired) electrons. The summed E-state index contributed by atoms with van der Waals surface area (Å²) in [5, 5.41) is 0. The van der Waals surface area contributed by atoms with Crippen LogP contribution in [0.5, 0.6) is 0 Å². The van der Waals surface area contributed by atoms with Gasteiger partial charge in [-0.3, -0.25) is 4.79 Å². The molecule has 0 aromatic rings. The van der Waals surface area contributed by atoms with Crippen LogP contribution in [0.3, 0.4) is 0 Å². The molecule has 0 aliphatic rings. The predicted octanol–water partition coefficient (Wildman–Crippen LogP) is 6.98. The van der Waals surface area contributed by atoms with Crippen LogP contribution in [-0.2, 0) is 28.1 Å². The maximum atomic E-state index is 12.3. The summed E-state index contributed by atoms with van der Waals surface area (Å²) in [6, 6.07) is 0. The summed E-state index contributed by atoms with van der Waals surface area (Å²) in [5.41, 5.74) is 2.88.